The van der Waals surface area contributed by atoms with E-state index in [4.69, 9.17) is 32.2 Å². The van der Waals surface area contributed by atoms with Gasteiger partial charge < -0.3 is 32.2 Å². The van der Waals surface area contributed by atoms with Crippen molar-refractivity contribution < 1.29 is 37.0 Å². The molecule has 0 amide bonds. The molecule has 8 nitrogen and oxygen atoms in total. The van der Waals surface area contributed by atoms with Crippen LogP contribution in [-0.4, -0.2) is 61.2 Å². The zero-order valence-electron chi connectivity index (χ0n) is 14.9. The predicted octanol–water partition coefficient (Wildman–Crippen LogP) is 1.61. The molecular weight excluding hydrogens is 324 g/mol. The second-order valence-corrected chi connectivity index (χ2v) is 7.16. The Morgan fingerprint density at radius 2 is 1.26 bits per heavy atom. The summed E-state index contributed by atoms with van der Waals surface area (Å²) in [5, 5.41) is 0. The minimum Gasteiger partial charge on any atom is -0.458 e. The standard InChI is InChI=1S/C14H28O8Si/c1-10(2)14(15)19-9-23(20-11(3)16-6,21-12(4)17-7)22-13(5)18-8/h11-13H,1,9H2,2-8H3. The first-order valence-electron chi connectivity index (χ1n) is 7.14. The van der Waals surface area contributed by atoms with Crippen LogP contribution in [0.25, 0.3) is 0 Å². The molecule has 136 valence electrons. The Labute approximate surface area is 139 Å². The fourth-order valence-electron chi connectivity index (χ4n) is 1.37. The summed E-state index contributed by atoms with van der Waals surface area (Å²) < 4.78 is 37.8. The Morgan fingerprint density at radius 1 is 0.913 bits per heavy atom. The van der Waals surface area contributed by atoms with Crippen LogP contribution in [0.15, 0.2) is 12.2 Å². The summed E-state index contributed by atoms with van der Waals surface area (Å²) in [7, 11) is 0.911. The van der Waals surface area contributed by atoms with Gasteiger partial charge in [0.2, 0.25) is 0 Å². The summed E-state index contributed by atoms with van der Waals surface area (Å²) in [6.07, 6.45) is -2.15. The fourth-order valence-corrected chi connectivity index (χ4v) is 3.85. The molecule has 0 bridgehead atoms. The van der Waals surface area contributed by atoms with Crippen LogP contribution in [0.1, 0.15) is 27.7 Å². The maximum Gasteiger partial charge on any atom is 0.546 e. The summed E-state index contributed by atoms with van der Waals surface area (Å²) in [5.74, 6) is -0.571. The number of methoxy groups -OCH3 is 3. The van der Waals surface area contributed by atoms with Crippen molar-refractivity contribution in [1.82, 2.24) is 0 Å². The number of rotatable bonds is 12. The lowest BCUT2D eigenvalue weighted by molar-refractivity contribution is -0.173. The molecule has 0 heterocycles. The third kappa shape index (κ3) is 8.56. The molecule has 0 radical (unpaired) electrons. The number of esters is 1. The van der Waals surface area contributed by atoms with Gasteiger partial charge in [-0.3, -0.25) is 0 Å². The zero-order chi connectivity index (χ0) is 18.0. The van der Waals surface area contributed by atoms with E-state index in [-0.39, 0.29) is 11.8 Å². The van der Waals surface area contributed by atoms with Gasteiger partial charge in [0.15, 0.2) is 6.23 Å². The van der Waals surface area contributed by atoms with E-state index >= 15 is 0 Å². The van der Waals surface area contributed by atoms with E-state index in [9.17, 15) is 4.79 Å². The van der Waals surface area contributed by atoms with Gasteiger partial charge in [0, 0.05) is 26.9 Å². The molecule has 0 aliphatic rings. The van der Waals surface area contributed by atoms with Crippen LogP contribution in [0.4, 0.5) is 0 Å². The molecule has 0 aliphatic carbocycles. The lowest BCUT2D eigenvalue weighted by Crippen LogP contribution is -2.56. The van der Waals surface area contributed by atoms with Crippen molar-refractivity contribution in [2.24, 2.45) is 0 Å². The first-order valence-corrected chi connectivity index (χ1v) is 9.07. The Kier molecular flexibility index (Phi) is 10.5. The second-order valence-electron chi connectivity index (χ2n) is 4.80. The molecule has 0 aromatic heterocycles. The highest BCUT2D eigenvalue weighted by Crippen LogP contribution is 2.19. The molecule has 9 heteroatoms. The average Bonchev–Trinajstić information content (AvgIpc) is 2.51. The molecule has 0 saturated heterocycles. The fraction of sp³-hybridized carbons (Fsp3) is 0.786. The van der Waals surface area contributed by atoms with Crippen molar-refractivity contribution in [2.75, 3.05) is 27.6 Å². The van der Waals surface area contributed by atoms with Crippen LogP contribution < -0.4 is 0 Å². The number of carbonyl (C=O) groups excluding carboxylic acids is 1. The average molecular weight is 352 g/mol. The molecule has 0 saturated carbocycles. The van der Waals surface area contributed by atoms with Crippen LogP contribution >= 0.6 is 0 Å². The van der Waals surface area contributed by atoms with Crippen LogP contribution in [0, 0.1) is 0 Å². The van der Waals surface area contributed by atoms with E-state index < -0.39 is 33.6 Å². The molecule has 0 rings (SSSR count). The molecule has 0 aliphatic heterocycles. The highest BCUT2D eigenvalue weighted by molar-refractivity contribution is 6.60. The molecule has 0 spiro atoms. The van der Waals surface area contributed by atoms with Crippen LogP contribution in [0.3, 0.4) is 0 Å². The van der Waals surface area contributed by atoms with Crippen LogP contribution in [-0.2, 0) is 37.0 Å². The zero-order valence-corrected chi connectivity index (χ0v) is 15.9. The topological polar surface area (TPSA) is 81.7 Å². The minimum atomic E-state index is -3.52. The summed E-state index contributed by atoms with van der Waals surface area (Å²) >= 11 is 0. The van der Waals surface area contributed by atoms with Crippen molar-refractivity contribution >= 4 is 14.8 Å². The van der Waals surface area contributed by atoms with Gasteiger partial charge in [-0.15, -0.1) is 0 Å². The van der Waals surface area contributed by atoms with Gasteiger partial charge >= 0.3 is 14.8 Å². The van der Waals surface area contributed by atoms with Gasteiger partial charge in [0.1, 0.15) is 18.9 Å². The number of hydrogen-bond donors (Lipinski definition) is 0. The highest BCUT2D eigenvalue weighted by Gasteiger charge is 2.48. The smallest absolute Gasteiger partial charge is 0.458 e. The van der Waals surface area contributed by atoms with Crippen molar-refractivity contribution in [3.8, 4) is 0 Å². The number of carbonyl (C=O) groups is 1. The highest BCUT2D eigenvalue weighted by atomic mass is 28.4. The largest absolute Gasteiger partial charge is 0.546 e. The molecular formula is C14H28O8Si. The van der Waals surface area contributed by atoms with Crippen LogP contribution in [0.5, 0.6) is 0 Å². The molecule has 0 fully saturated rings. The maximum atomic E-state index is 11.7. The Bertz CT molecular complexity index is 345. The SMILES string of the molecule is C=C(C)C(=O)OC[Si](OC(C)OC)(OC(C)OC)OC(C)OC. The monoisotopic (exact) mass is 352 g/mol. The van der Waals surface area contributed by atoms with Gasteiger partial charge in [-0.2, -0.15) is 0 Å². The van der Waals surface area contributed by atoms with E-state index in [1.807, 2.05) is 0 Å². The van der Waals surface area contributed by atoms with Crippen LogP contribution in [0.2, 0.25) is 0 Å². The van der Waals surface area contributed by atoms with Gasteiger partial charge in [-0.25, -0.2) is 4.79 Å². The molecule has 23 heavy (non-hydrogen) atoms. The van der Waals surface area contributed by atoms with E-state index in [0.717, 1.165) is 0 Å². The first-order chi connectivity index (χ1) is 10.7. The van der Waals surface area contributed by atoms with Gasteiger partial charge in [0.25, 0.3) is 0 Å². The number of hydrogen-bond acceptors (Lipinski definition) is 8. The van der Waals surface area contributed by atoms with E-state index in [1.54, 1.807) is 27.7 Å². The van der Waals surface area contributed by atoms with E-state index in [2.05, 4.69) is 6.58 Å². The normalized spacial score (nSPS) is 17.9. The van der Waals surface area contributed by atoms with E-state index in [0.29, 0.717) is 0 Å². The molecule has 0 aromatic carbocycles. The van der Waals surface area contributed by atoms with Crippen molar-refractivity contribution in [2.45, 2.75) is 46.6 Å². The quantitative estimate of drug-likeness (QED) is 0.227. The second kappa shape index (κ2) is 10.9. The predicted molar refractivity (Wildman–Crippen MR) is 84.2 cm³/mol. The summed E-state index contributed by atoms with van der Waals surface area (Å²) in [6, 6.07) is 0. The van der Waals surface area contributed by atoms with Crippen molar-refractivity contribution in [3.63, 3.8) is 0 Å². The number of ether oxygens (including phenoxy) is 4. The molecule has 3 unspecified atom stereocenters. The molecule has 3 atom stereocenters. The Hall–Kier alpha value is -0.813. The molecule has 0 aromatic rings. The Morgan fingerprint density at radius 3 is 1.52 bits per heavy atom. The van der Waals surface area contributed by atoms with E-state index in [1.165, 1.54) is 21.3 Å². The summed E-state index contributed by atoms with van der Waals surface area (Å²) in [6.45, 7) is 10.1. The Balaban J connectivity index is 5.32. The lowest BCUT2D eigenvalue weighted by Gasteiger charge is -2.34. The lowest BCUT2D eigenvalue weighted by atomic mass is 10.4. The van der Waals surface area contributed by atoms with Gasteiger partial charge in [0.05, 0.1) is 0 Å². The summed E-state index contributed by atoms with van der Waals surface area (Å²) in [4.78, 5) is 11.7. The van der Waals surface area contributed by atoms with Gasteiger partial charge in [-0.1, -0.05) is 6.58 Å². The van der Waals surface area contributed by atoms with Crippen molar-refractivity contribution in [1.29, 1.82) is 0 Å². The first kappa shape index (κ1) is 22.2. The van der Waals surface area contributed by atoms with Gasteiger partial charge in [-0.05, 0) is 27.7 Å². The maximum absolute atomic E-state index is 11.7. The molecule has 0 N–H and O–H groups in total. The third-order valence-corrected chi connectivity index (χ3v) is 5.33. The summed E-state index contributed by atoms with van der Waals surface area (Å²) in [5.41, 5.74) is 0.257. The van der Waals surface area contributed by atoms with Crippen molar-refractivity contribution in [3.05, 3.63) is 12.2 Å². The minimum absolute atomic E-state index is 0.228. The third-order valence-electron chi connectivity index (χ3n) is 2.76.